The highest BCUT2D eigenvalue weighted by Gasteiger charge is 2.36. The molecule has 0 aromatic heterocycles. The van der Waals surface area contributed by atoms with Crippen molar-refractivity contribution in [1.82, 2.24) is 9.80 Å². The zero-order valence-corrected chi connectivity index (χ0v) is 19.8. The number of aryl methyl sites for hydroxylation is 2. The molecular formula is C28H38N2O2. The van der Waals surface area contributed by atoms with Crippen LogP contribution in [-0.2, 0) is 17.6 Å². The summed E-state index contributed by atoms with van der Waals surface area (Å²) < 4.78 is 6.13. The molecule has 1 spiro atoms. The second kappa shape index (κ2) is 10.5. The minimum Gasteiger partial charge on any atom is -0.492 e. The molecule has 4 nitrogen and oxygen atoms in total. The maximum absolute atomic E-state index is 13.0. The minimum atomic E-state index is 0.278. The first-order valence-electron chi connectivity index (χ1n) is 12.3. The van der Waals surface area contributed by atoms with Gasteiger partial charge in [0.15, 0.2) is 0 Å². The number of benzene rings is 2. The highest BCUT2D eigenvalue weighted by molar-refractivity contribution is 5.79. The Kier molecular flexibility index (Phi) is 7.51. The van der Waals surface area contributed by atoms with Crippen molar-refractivity contribution in [2.45, 2.75) is 51.9 Å². The van der Waals surface area contributed by atoms with Gasteiger partial charge < -0.3 is 14.5 Å². The molecule has 0 radical (unpaired) electrons. The normalized spacial score (nSPS) is 20.0. The van der Waals surface area contributed by atoms with Gasteiger partial charge in [-0.3, -0.25) is 4.79 Å². The first-order chi connectivity index (χ1) is 15.5. The number of amides is 1. The maximum atomic E-state index is 13.0. The number of carbonyl (C=O) groups excluding carboxylic acids is 1. The molecule has 4 rings (SSSR count). The van der Waals surface area contributed by atoms with E-state index in [2.05, 4.69) is 60.2 Å². The van der Waals surface area contributed by atoms with Crippen molar-refractivity contribution in [3.05, 3.63) is 65.2 Å². The van der Waals surface area contributed by atoms with Crippen LogP contribution in [0.25, 0.3) is 0 Å². The third kappa shape index (κ3) is 5.72. The van der Waals surface area contributed by atoms with Crippen LogP contribution in [0.3, 0.4) is 0 Å². The molecule has 4 heteroatoms. The van der Waals surface area contributed by atoms with Crippen LogP contribution in [0.5, 0.6) is 5.75 Å². The largest absolute Gasteiger partial charge is 0.492 e. The van der Waals surface area contributed by atoms with Crippen molar-refractivity contribution in [3.8, 4) is 5.75 Å². The summed E-state index contributed by atoms with van der Waals surface area (Å²) in [7, 11) is 2.22. The van der Waals surface area contributed by atoms with E-state index in [0.29, 0.717) is 11.8 Å². The van der Waals surface area contributed by atoms with Crippen LogP contribution in [0.4, 0.5) is 0 Å². The van der Waals surface area contributed by atoms with Gasteiger partial charge in [-0.1, -0.05) is 48.9 Å². The Labute approximate surface area is 193 Å². The van der Waals surface area contributed by atoms with Gasteiger partial charge in [-0.25, -0.2) is 0 Å². The highest BCUT2D eigenvalue weighted by atomic mass is 16.5. The van der Waals surface area contributed by atoms with Gasteiger partial charge in [0.1, 0.15) is 12.4 Å². The summed E-state index contributed by atoms with van der Waals surface area (Å²) in [6.07, 6.45) is 7.50. The fourth-order valence-corrected chi connectivity index (χ4v) is 5.43. The Morgan fingerprint density at radius 2 is 1.72 bits per heavy atom. The average Bonchev–Trinajstić information content (AvgIpc) is 2.79. The molecule has 0 bridgehead atoms. The van der Waals surface area contributed by atoms with E-state index < -0.39 is 0 Å². The van der Waals surface area contributed by atoms with Crippen molar-refractivity contribution in [3.63, 3.8) is 0 Å². The van der Waals surface area contributed by atoms with E-state index in [0.717, 1.165) is 63.4 Å². The van der Waals surface area contributed by atoms with Crippen molar-refractivity contribution < 1.29 is 9.53 Å². The Morgan fingerprint density at radius 3 is 2.53 bits per heavy atom. The minimum absolute atomic E-state index is 0.278. The van der Waals surface area contributed by atoms with E-state index in [9.17, 15) is 4.79 Å². The smallest absolute Gasteiger partial charge is 0.226 e. The number of rotatable bonds is 2. The highest BCUT2D eigenvalue weighted by Crippen LogP contribution is 2.38. The Bertz CT molecular complexity index is 902. The Morgan fingerprint density at radius 1 is 0.969 bits per heavy atom. The van der Waals surface area contributed by atoms with Gasteiger partial charge in [0.25, 0.3) is 0 Å². The molecule has 0 saturated carbocycles. The van der Waals surface area contributed by atoms with Crippen LogP contribution in [0.1, 0.15) is 48.8 Å². The van der Waals surface area contributed by atoms with Crippen molar-refractivity contribution in [1.29, 1.82) is 0 Å². The predicted octanol–water partition coefficient (Wildman–Crippen LogP) is 4.88. The molecule has 1 amide bonds. The summed E-state index contributed by atoms with van der Waals surface area (Å²) in [4.78, 5) is 17.5. The molecular weight excluding hydrogens is 396 g/mol. The summed E-state index contributed by atoms with van der Waals surface area (Å²) in [5.74, 6) is 1.33. The number of hydrogen-bond acceptors (Lipinski definition) is 3. The van der Waals surface area contributed by atoms with Crippen LogP contribution in [0.15, 0.2) is 48.5 Å². The van der Waals surface area contributed by atoms with Gasteiger partial charge in [0.2, 0.25) is 5.91 Å². The van der Waals surface area contributed by atoms with Crippen molar-refractivity contribution in [2.75, 3.05) is 39.8 Å². The molecule has 0 N–H and O–H groups in total. The first kappa shape index (κ1) is 22.8. The number of piperidine rings is 1. The van der Waals surface area contributed by atoms with Crippen LogP contribution in [0, 0.1) is 12.3 Å². The molecule has 0 aliphatic carbocycles. The second-order valence-electron chi connectivity index (χ2n) is 9.89. The first-order valence-corrected chi connectivity index (χ1v) is 12.3. The summed E-state index contributed by atoms with van der Waals surface area (Å²) in [5, 5.41) is 0. The van der Waals surface area contributed by atoms with Gasteiger partial charge in [-0.2, -0.15) is 0 Å². The number of carbonyl (C=O) groups is 1. The number of hydrogen-bond donors (Lipinski definition) is 0. The fraction of sp³-hybridized carbons (Fsp3) is 0.536. The maximum Gasteiger partial charge on any atom is 0.226 e. The van der Waals surface area contributed by atoms with Crippen molar-refractivity contribution in [2.24, 2.45) is 5.41 Å². The molecule has 2 heterocycles. The van der Waals surface area contributed by atoms with Crippen LogP contribution < -0.4 is 4.74 Å². The quantitative estimate of drug-likeness (QED) is 0.675. The van der Waals surface area contributed by atoms with Gasteiger partial charge in [0.05, 0.1) is 6.42 Å². The van der Waals surface area contributed by atoms with Gasteiger partial charge in [-0.15, -0.1) is 0 Å². The number of ether oxygens (including phenoxy) is 1. The number of nitrogens with zero attached hydrogens (tertiary/aromatic N) is 2. The molecule has 0 atom stereocenters. The van der Waals surface area contributed by atoms with Crippen molar-refractivity contribution >= 4 is 5.91 Å². The molecule has 2 aliphatic rings. The number of likely N-dealkylation sites (N-methyl/N-ethyl adjacent to an activating group) is 1. The third-order valence-electron chi connectivity index (χ3n) is 7.49. The zero-order chi connectivity index (χ0) is 22.4. The van der Waals surface area contributed by atoms with E-state index in [1.165, 1.54) is 30.4 Å². The number of para-hydroxylation sites is 1. The summed E-state index contributed by atoms with van der Waals surface area (Å²) in [6, 6.07) is 16.7. The second-order valence-corrected chi connectivity index (χ2v) is 9.89. The summed E-state index contributed by atoms with van der Waals surface area (Å²) in [6.45, 7) is 6.63. The number of fused-ring (bicyclic) bond motifs is 1. The van der Waals surface area contributed by atoms with Crippen LogP contribution in [-0.4, -0.2) is 55.5 Å². The Balaban J connectivity index is 1.37. The predicted molar refractivity (Wildman–Crippen MR) is 130 cm³/mol. The van der Waals surface area contributed by atoms with Gasteiger partial charge in [-0.05, 0) is 74.2 Å². The molecule has 2 aromatic rings. The third-order valence-corrected chi connectivity index (χ3v) is 7.49. The molecule has 172 valence electrons. The van der Waals surface area contributed by atoms with E-state index in [4.69, 9.17) is 4.74 Å². The Hall–Kier alpha value is -2.33. The number of likely N-dealkylation sites (tertiary alicyclic amines) is 1. The lowest BCUT2D eigenvalue weighted by atomic mass is 9.73. The topological polar surface area (TPSA) is 32.8 Å². The zero-order valence-electron chi connectivity index (χ0n) is 19.8. The van der Waals surface area contributed by atoms with E-state index in [-0.39, 0.29) is 5.91 Å². The average molecular weight is 435 g/mol. The SMILES string of the molecule is Cc1ccccc1CC(=O)N1CCC2(CCCCc3ccccc3OCCN(C)C2)CC1. The van der Waals surface area contributed by atoms with Crippen LogP contribution >= 0.6 is 0 Å². The molecule has 32 heavy (non-hydrogen) atoms. The lowest BCUT2D eigenvalue weighted by molar-refractivity contribution is -0.133. The lowest BCUT2D eigenvalue weighted by Gasteiger charge is -2.44. The molecule has 1 fully saturated rings. The van der Waals surface area contributed by atoms with Crippen LogP contribution in [0.2, 0.25) is 0 Å². The molecule has 1 saturated heterocycles. The molecule has 0 unspecified atom stereocenters. The van der Waals surface area contributed by atoms with E-state index >= 15 is 0 Å². The van der Waals surface area contributed by atoms with E-state index in [1.807, 2.05) is 12.1 Å². The van der Waals surface area contributed by atoms with Gasteiger partial charge in [0, 0.05) is 26.2 Å². The monoisotopic (exact) mass is 434 g/mol. The summed E-state index contributed by atoms with van der Waals surface area (Å²) >= 11 is 0. The fourth-order valence-electron chi connectivity index (χ4n) is 5.43. The molecule has 2 aliphatic heterocycles. The van der Waals surface area contributed by atoms with Gasteiger partial charge >= 0.3 is 0 Å². The summed E-state index contributed by atoms with van der Waals surface area (Å²) in [5.41, 5.74) is 4.01. The molecule has 2 aromatic carbocycles. The van der Waals surface area contributed by atoms with E-state index in [1.54, 1.807) is 0 Å². The standard InChI is InChI=1S/C28H38N2O2/c1-23-9-3-4-12-25(23)21-27(31)30-17-15-28(16-18-30)14-8-7-11-24-10-5-6-13-26(24)32-20-19-29(2)22-28/h3-6,9-10,12-13H,7-8,11,14-22H2,1-2H3. The lowest BCUT2D eigenvalue weighted by Crippen LogP contribution is -2.48.